The van der Waals surface area contributed by atoms with E-state index in [-0.39, 0.29) is 5.71 Å². The zero-order chi connectivity index (χ0) is 29.3. The monoisotopic (exact) mass is 611 g/mol. The Hall–Kier alpha value is -3.61. The largest absolute Gasteiger partial charge is 0.476 e. The van der Waals surface area contributed by atoms with Gasteiger partial charge in [0.25, 0.3) is 0 Å². The van der Waals surface area contributed by atoms with Crippen LogP contribution in [0, 0.1) is 11.3 Å². The molecule has 0 saturated heterocycles. The normalized spacial score (nSPS) is 13.1. The Balaban J connectivity index is 2.22. The molecule has 39 heavy (non-hydrogen) atoms. The van der Waals surface area contributed by atoms with Crippen LogP contribution in [0.1, 0.15) is 23.7 Å². The Morgan fingerprint density at radius 3 is 2.18 bits per heavy atom. The molecular formula is C22H13Cl2F6N5O3S. The molecule has 3 aromatic rings. The van der Waals surface area contributed by atoms with E-state index in [9.17, 15) is 40.6 Å². The summed E-state index contributed by atoms with van der Waals surface area (Å²) in [5.41, 5.74) is -7.71. The first-order valence-electron chi connectivity index (χ1n) is 10.2. The van der Waals surface area contributed by atoms with E-state index in [2.05, 4.69) is 10.3 Å². The smallest absolute Gasteiger partial charge is 0.297 e. The third kappa shape index (κ3) is 6.35. The summed E-state index contributed by atoms with van der Waals surface area (Å²) in [6, 6.07) is 10.4. The Morgan fingerprint density at radius 1 is 1.13 bits per heavy atom. The SMILES string of the molecule is CC(=NOC(=O)N(C)c1c(S(=O)C(F)(F)F)c(C#N)nn1-c1c(Cl)cc(C(F)(F)F)cc1Cl)c1ccccc1. The van der Waals surface area contributed by atoms with E-state index < -0.39 is 66.3 Å². The number of oxime groups is 1. The van der Waals surface area contributed by atoms with Crippen molar-refractivity contribution in [1.29, 1.82) is 5.26 Å². The second-order valence-electron chi connectivity index (χ2n) is 7.48. The molecule has 0 fully saturated rings. The van der Waals surface area contributed by atoms with Crippen molar-refractivity contribution in [1.82, 2.24) is 9.78 Å². The number of alkyl halides is 6. The average Bonchev–Trinajstić information content (AvgIpc) is 3.23. The number of nitrogens with zero attached hydrogens (tertiary/aromatic N) is 5. The van der Waals surface area contributed by atoms with Gasteiger partial charge in [-0.15, -0.1) is 0 Å². The van der Waals surface area contributed by atoms with Crippen molar-refractivity contribution in [3.05, 3.63) is 69.3 Å². The van der Waals surface area contributed by atoms with Crippen molar-refractivity contribution >= 4 is 51.6 Å². The summed E-state index contributed by atoms with van der Waals surface area (Å²) >= 11 is 12.0. The Morgan fingerprint density at radius 2 is 1.69 bits per heavy atom. The van der Waals surface area contributed by atoms with Gasteiger partial charge in [-0.1, -0.05) is 58.7 Å². The van der Waals surface area contributed by atoms with E-state index >= 15 is 0 Å². The van der Waals surface area contributed by atoms with Crippen LogP contribution in [0.25, 0.3) is 5.69 Å². The maximum atomic E-state index is 13.5. The number of aromatic nitrogens is 2. The standard InChI is InChI=1S/C22H13Cl2F6N5O3S/c1-11(12-6-4-3-5-7-12)33-38-20(36)34(2)19-18(39(37)22(28,29)30)16(10-31)32-35(19)17-14(23)8-13(9-15(17)24)21(25,26)27/h3-9H,1-2H3. The van der Waals surface area contributed by atoms with Gasteiger partial charge in [0.2, 0.25) is 0 Å². The first-order valence-corrected chi connectivity index (χ1v) is 12.1. The van der Waals surface area contributed by atoms with Crippen LogP contribution < -0.4 is 4.90 Å². The molecule has 3 rings (SSSR count). The highest BCUT2D eigenvalue weighted by molar-refractivity contribution is 7.86. The van der Waals surface area contributed by atoms with Crippen LogP contribution in [0.2, 0.25) is 10.0 Å². The molecular weight excluding hydrogens is 599 g/mol. The minimum Gasteiger partial charge on any atom is -0.297 e. The fourth-order valence-electron chi connectivity index (χ4n) is 3.12. The van der Waals surface area contributed by atoms with Crippen molar-refractivity contribution < 1.29 is 40.2 Å². The van der Waals surface area contributed by atoms with Crippen molar-refractivity contribution in [2.24, 2.45) is 5.16 Å². The summed E-state index contributed by atoms with van der Waals surface area (Å²) in [7, 11) is -3.08. The number of hydrogen-bond acceptors (Lipinski definition) is 6. The van der Waals surface area contributed by atoms with Crippen molar-refractivity contribution in [2.45, 2.75) is 23.5 Å². The zero-order valence-electron chi connectivity index (χ0n) is 19.4. The molecule has 1 heterocycles. The van der Waals surface area contributed by atoms with E-state index in [1.165, 1.54) is 13.0 Å². The molecule has 17 heteroatoms. The molecule has 206 valence electrons. The first kappa shape index (κ1) is 29.9. The summed E-state index contributed by atoms with van der Waals surface area (Å²) in [5.74, 6) is -0.969. The number of carbonyl (C=O) groups excluding carboxylic acids is 1. The second kappa shape index (κ2) is 11.2. The van der Waals surface area contributed by atoms with Gasteiger partial charge in [-0.2, -0.15) is 36.7 Å². The quantitative estimate of drug-likeness (QED) is 0.138. The predicted molar refractivity (Wildman–Crippen MR) is 129 cm³/mol. The molecule has 1 aromatic heterocycles. The summed E-state index contributed by atoms with van der Waals surface area (Å²) in [6.45, 7) is 1.46. The van der Waals surface area contributed by atoms with Crippen LogP contribution in [0.3, 0.4) is 0 Å². The molecule has 0 N–H and O–H groups in total. The first-order chi connectivity index (χ1) is 18.1. The predicted octanol–water partition coefficient (Wildman–Crippen LogP) is 6.69. The number of amides is 1. The highest BCUT2D eigenvalue weighted by Crippen LogP contribution is 2.42. The number of anilines is 1. The Kier molecular flexibility index (Phi) is 8.63. The van der Waals surface area contributed by atoms with Crippen LogP contribution in [0.5, 0.6) is 0 Å². The van der Waals surface area contributed by atoms with Crippen LogP contribution >= 0.6 is 23.2 Å². The van der Waals surface area contributed by atoms with Crippen LogP contribution in [0.4, 0.5) is 37.0 Å². The zero-order valence-corrected chi connectivity index (χ0v) is 21.8. The molecule has 0 aliphatic carbocycles. The molecule has 8 nitrogen and oxygen atoms in total. The highest BCUT2D eigenvalue weighted by atomic mass is 35.5. The Bertz CT molecular complexity index is 1490. The summed E-state index contributed by atoms with van der Waals surface area (Å²) < 4.78 is 92.9. The van der Waals surface area contributed by atoms with Gasteiger partial charge < -0.3 is 0 Å². The molecule has 0 saturated carbocycles. The topological polar surface area (TPSA) is 101 Å². The lowest BCUT2D eigenvalue weighted by Gasteiger charge is -2.20. The second-order valence-corrected chi connectivity index (χ2v) is 9.71. The van der Waals surface area contributed by atoms with Crippen LogP contribution in [-0.4, -0.2) is 38.4 Å². The van der Waals surface area contributed by atoms with Gasteiger partial charge in [-0.05, 0) is 24.6 Å². The molecule has 2 aromatic carbocycles. The Labute approximate surface area is 228 Å². The van der Waals surface area contributed by atoms with Crippen molar-refractivity contribution in [3.63, 3.8) is 0 Å². The fourth-order valence-corrected chi connectivity index (χ4v) is 4.65. The maximum absolute atomic E-state index is 13.5. The number of hydrogen-bond donors (Lipinski definition) is 0. The molecule has 0 radical (unpaired) electrons. The lowest BCUT2D eigenvalue weighted by atomic mass is 10.1. The minimum absolute atomic E-state index is 0.191. The average molecular weight is 612 g/mol. The van der Waals surface area contributed by atoms with Gasteiger partial charge in [-0.3, -0.25) is 9.74 Å². The number of nitriles is 1. The van der Waals surface area contributed by atoms with Gasteiger partial charge >= 0.3 is 17.8 Å². The lowest BCUT2D eigenvalue weighted by Crippen LogP contribution is -2.30. The third-order valence-electron chi connectivity index (χ3n) is 4.92. The van der Waals surface area contributed by atoms with Crippen LogP contribution in [0.15, 0.2) is 52.5 Å². The summed E-state index contributed by atoms with van der Waals surface area (Å²) in [5, 5.41) is 15.2. The van der Waals surface area contributed by atoms with Gasteiger partial charge in [0.15, 0.2) is 22.3 Å². The van der Waals surface area contributed by atoms with Crippen LogP contribution in [-0.2, 0) is 21.8 Å². The minimum atomic E-state index is -5.44. The number of halogens is 8. The molecule has 0 aliphatic heterocycles. The molecule has 1 atom stereocenters. The number of benzene rings is 2. The third-order valence-corrected chi connectivity index (χ3v) is 6.66. The molecule has 1 unspecified atom stereocenters. The van der Waals surface area contributed by atoms with Crippen molar-refractivity contribution in [2.75, 3.05) is 11.9 Å². The molecule has 0 bridgehead atoms. The van der Waals surface area contributed by atoms with Gasteiger partial charge in [-0.25, -0.2) is 13.7 Å². The van der Waals surface area contributed by atoms with Gasteiger partial charge in [0.1, 0.15) is 16.7 Å². The molecule has 0 aliphatic rings. The lowest BCUT2D eigenvalue weighted by molar-refractivity contribution is -0.137. The summed E-state index contributed by atoms with van der Waals surface area (Å²) in [4.78, 5) is 16.7. The van der Waals surface area contributed by atoms with E-state index in [4.69, 9.17) is 28.0 Å². The highest BCUT2D eigenvalue weighted by Gasteiger charge is 2.45. The van der Waals surface area contributed by atoms with E-state index in [1.807, 2.05) is 0 Å². The number of carbonyl (C=O) groups is 1. The number of rotatable bonds is 5. The molecule has 0 spiro atoms. The van der Waals surface area contributed by atoms with E-state index in [0.717, 1.165) is 7.05 Å². The van der Waals surface area contributed by atoms with Crippen molar-refractivity contribution in [3.8, 4) is 11.8 Å². The fraction of sp³-hybridized carbons (Fsp3) is 0.182. The van der Waals surface area contributed by atoms with Gasteiger partial charge in [0, 0.05) is 7.05 Å². The van der Waals surface area contributed by atoms with E-state index in [1.54, 1.807) is 30.3 Å². The van der Waals surface area contributed by atoms with Gasteiger partial charge in [0.05, 0.1) is 21.3 Å². The van der Waals surface area contributed by atoms with E-state index in [0.29, 0.717) is 27.3 Å². The maximum Gasteiger partial charge on any atom is 0.476 e. The summed E-state index contributed by atoms with van der Waals surface area (Å²) in [6.07, 6.45) is -6.33. The molecule has 1 amide bonds.